The van der Waals surface area contributed by atoms with E-state index in [-0.39, 0.29) is 0 Å². The molecular weight excluding hydrogens is 188 g/mol. The lowest BCUT2D eigenvalue weighted by Crippen LogP contribution is -2.43. The first-order chi connectivity index (χ1) is 7.35. The highest BCUT2D eigenvalue weighted by Gasteiger charge is 2.32. The van der Waals surface area contributed by atoms with Gasteiger partial charge in [-0.15, -0.1) is 0 Å². The van der Waals surface area contributed by atoms with Crippen molar-refractivity contribution in [3.63, 3.8) is 0 Å². The van der Waals surface area contributed by atoms with E-state index in [1.165, 1.54) is 45.1 Å². The van der Waals surface area contributed by atoms with Gasteiger partial charge in [-0.1, -0.05) is 0 Å². The van der Waals surface area contributed by atoms with Gasteiger partial charge in [0.15, 0.2) is 0 Å². The molecule has 1 saturated carbocycles. The SMILES string of the molecule is NCC1CCC(N2CCCC2CO)CC1. The van der Waals surface area contributed by atoms with Gasteiger partial charge in [-0.3, -0.25) is 4.90 Å². The third-order valence-corrected chi connectivity index (χ3v) is 4.25. The van der Waals surface area contributed by atoms with Crippen molar-refractivity contribution >= 4 is 0 Å². The fourth-order valence-electron chi connectivity index (χ4n) is 3.25. The van der Waals surface area contributed by atoms with Crippen LogP contribution in [0.2, 0.25) is 0 Å². The molecule has 1 aliphatic heterocycles. The minimum Gasteiger partial charge on any atom is -0.395 e. The molecular formula is C12H24N2O. The summed E-state index contributed by atoms with van der Waals surface area (Å²) in [6, 6.07) is 1.18. The van der Waals surface area contributed by atoms with Crippen LogP contribution in [0.15, 0.2) is 0 Å². The van der Waals surface area contributed by atoms with Crippen LogP contribution in [-0.4, -0.2) is 41.8 Å². The topological polar surface area (TPSA) is 49.5 Å². The van der Waals surface area contributed by atoms with Crippen LogP contribution >= 0.6 is 0 Å². The highest BCUT2D eigenvalue weighted by molar-refractivity contribution is 4.87. The normalized spacial score (nSPS) is 38.4. The fourth-order valence-corrected chi connectivity index (χ4v) is 3.25. The first-order valence-electron chi connectivity index (χ1n) is 6.41. The molecule has 0 spiro atoms. The molecule has 0 aromatic heterocycles. The van der Waals surface area contributed by atoms with Crippen LogP contribution < -0.4 is 5.73 Å². The van der Waals surface area contributed by atoms with Gasteiger partial charge in [0.2, 0.25) is 0 Å². The Balaban J connectivity index is 1.84. The number of hydrogen-bond acceptors (Lipinski definition) is 3. The van der Waals surface area contributed by atoms with Crippen molar-refractivity contribution in [3.8, 4) is 0 Å². The van der Waals surface area contributed by atoms with Crippen LogP contribution in [0.3, 0.4) is 0 Å². The molecule has 15 heavy (non-hydrogen) atoms. The van der Waals surface area contributed by atoms with Crippen molar-refractivity contribution in [2.45, 2.75) is 50.6 Å². The minimum absolute atomic E-state index is 0.344. The van der Waals surface area contributed by atoms with Crippen molar-refractivity contribution in [2.24, 2.45) is 11.7 Å². The van der Waals surface area contributed by atoms with Crippen molar-refractivity contribution in [1.29, 1.82) is 0 Å². The van der Waals surface area contributed by atoms with Gasteiger partial charge in [-0.05, 0) is 57.5 Å². The minimum atomic E-state index is 0.344. The Bertz CT molecular complexity index is 190. The Morgan fingerprint density at radius 3 is 2.47 bits per heavy atom. The first-order valence-corrected chi connectivity index (χ1v) is 6.41. The van der Waals surface area contributed by atoms with Crippen LogP contribution in [-0.2, 0) is 0 Å². The Morgan fingerprint density at radius 1 is 1.13 bits per heavy atom. The second kappa shape index (κ2) is 5.28. The molecule has 0 radical (unpaired) electrons. The van der Waals surface area contributed by atoms with E-state index in [1.54, 1.807) is 0 Å². The monoisotopic (exact) mass is 212 g/mol. The average Bonchev–Trinajstić information content (AvgIpc) is 2.77. The van der Waals surface area contributed by atoms with E-state index in [9.17, 15) is 5.11 Å². The predicted molar refractivity (Wildman–Crippen MR) is 61.6 cm³/mol. The lowest BCUT2D eigenvalue weighted by molar-refractivity contribution is 0.0884. The van der Waals surface area contributed by atoms with Crippen molar-refractivity contribution in [1.82, 2.24) is 4.90 Å². The molecule has 0 amide bonds. The molecule has 1 atom stereocenters. The summed E-state index contributed by atoms with van der Waals surface area (Å²) in [5.41, 5.74) is 5.70. The van der Waals surface area contributed by atoms with E-state index in [1.807, 2.05) is 0 Å². The molecule has 1 aliphatic carbocycles. The number of nitrogens with zero attached hydrogens (tertiary/aromatic N) is 1. The number of likely N-dealkylation sites (tertiary alicyclic amines) is 1. The second-order valence-electron chi connectivity index (χ2n) is 5.13. The number of aliphatic hydroxyl groups is 1. The molecule has 0 aromatic rings. The molecule has 1 saturated heterocycles. The molecule has 2 fully saturated rings. The molecule has 3 N–H and O–H groups in total. The Kier molecular flexibility index (Phi) is 4.00. The number of aliphatic hydroxyl groups excluding tert-OH is 1. The van der Waals surface area contributed by atoms with Gasteiger partial charge in [-0.25, -0.2) is 0 Å². The van der Waals surface area contributed by atoms with E-state index in [4.69, 9.17) is 5.73 Å². The number of nitrogens with two attached hydrogens (primary N) is 1. The molecule has 88 valence electrons. The van der Waals surface area contributed by atoms with Gasteiger partial charge >= 0.3 is 0 Å². The van der Waals surface area contributed by atoms with E-state index in [0.29, 0.717) is 12.6 Å². The van der Waals surface area contributed by atoms with E-state index in [0.717, 1.165) is 18.5 Å². The quantitative estimate of drug-likeness (QED) is 0.732. The third-order valence-electron chi connectivity index (χ3n) is 4.25. The maximum absolute atomic E-state index is 9.30. The lowest BCUT2D eigenvalue weighted by Gasteiger charge is -2.37. The summed E-state index contributed by atoms with van der Waals surface area (Å²) >= 11 is 0. The van der Waals surface area contributed by atoms with Crippen LogP contribution in [0.4, 0.5) is 0 Å². The highest BCUT2D eigenvalue weighted by atomic mass is 16.3. The molecule has 3 heteroatoms. The fraction of sp³-hybridized carbons (Fsp3) is 1.00. The lowest BCUT2D eigenvalue weighted by atomic mass is 9.85. The summed E-state index contributed by atoms with van der Waals surface area (Å²) in [7, 11) is 0. The summed E-state index contributed by atoms with van der Waals surface area (Å²) in [5, 5.41) is 9.30. The zero-order valence-corrected chi connectivity index (χ0v) is 9.57. The summed E-state index contributed by atoms with van der Waals surface area (Å²) in [6.45, 7) is 2.40. The Hall–Kier alpha value is -0.120. The second-order valence-corrected chi connectivity index (χ2v) is 5.13. The van der Waals surface area contributed by atoms with E-state index in [2.05, 4.69) is 4.90 Å². The van der Waals surface area contributed by atoms with Crippen LogP contribution in [0, 0.1) is 5.92 Å². The van der Waals surface area contributed by atoms with Gasteiger partial charge in [0, 0.05) is 12.1 Å². The first kappa shape index (κ1) is 11.4. The summed E-state index contributed by atoms with van der Waals surface area (Å²) in [4.78, 5) is 2.55. The van der Waals surface area contributed by atoms with Crippen LogP contribution in [0.5, 0.6) is 0 Å². The summed E-state index contributed by atoms with van der Waals surface area (Å²) in [5.74, 6) is 0.761. The van der Waals surface area contributed by atoms with Crippen LogP contribution in [0.25, 0.3) is 0 Å². The summed E-state index contributed by atoms with van der Waals surface area (Å²) < 4.78 is 0. The number of rotatable bonds is 3. The van der Waals surface area contributed by atoms with Crippen molar-refractivity contribution in [3.05, 3.63) is 0 Å². The van der Waals surface area contributed by atoms with E-state index >= 15 is 0 Å². The third kappa shape index (κ3) is 2.52. The predicted octanol–water partition coefficient (Wildman–Crippen LogP) is 0.961. The van der Waals surface area contributed by atoms with Crippen LogP contribution in [0.1, 0.15) is 38.5 Å². The molecule has 1 heterocycles. The molecule has 2 rings (SSSR count). The van der Waals surface area contributed by atoms with Crippen molar-refractivity contribution < 1.29 is 5.11 Å². The maximum Gasteiger partial charge on any atom is 0.0586 e. The highest BCUT2D eigenvalue weighted by Crippen LogP contribution is 2.31. The molecule has 0 aromatic carbocycles. The van der Waals surface area contributed by atoms with Gasteiger partial charge < -0.3 is 10.8 Å². The Labute approximate surface area is 92.6 Å². The van der Waals surface area contributed by atoms with Gasteiger partial charge in [0.1, 0.15) is 0 Å². The maximum atomic E-state index is 9.30. The zero-order valence-electron chi connectivity index (χ0n) is 9.57. The summed E-state index contributed by atoms with van der Waals surface area (Å²) in [6.07, 6.45) is 7.61. The molecule has 3 nitrogen and oxygen atoms in total. The molecule has 2 aliphatic rings. The standard InChI is InChI=1S/C12H24N2O/c13-8-10-3-5-11(6-4-10)14-7-1-2-12(14)9-15/h10-12,15H,1-9,13H2. The van der Waals surface area contributed by atoms with Gasteiger partial charge in [-0.2, -0.15) is 0 Å². The number of hydrogen-bond donors (Lipinski definition) is 2. The molecule has 1 unspecified atom stereocenters. The van der Waals surface area contributed by atoms with Gasteiger partial charge in [0.25, 0.3) is 0 Å². The average molecular weight is 212 g/mol. The smallest absolute Gasteiger partial charge is 0.0586 e. The Morgan fingerprint density at radius 2 is 1.87 bits per heavy atom. The van der Waals surface area contributed by atoms with Crippen molar-refractivity contribution in [2.75, 3.05) is 19.7 Å². The van der Waals surface area contributed by atoms with E-state index < -0.39 is 0 Å². The van der Waals surface area contributed by atoms with Gasteiger partial charge in [0.05, 0.1) is 6.61 Å². The zero-order chi connectivity index (χ0) is 10.7. The molecule has 0 bridgehead atoms. The largest absolute Gasteiger partial charge is 0.395 e.